The standard InChI is InChI=1S/C19H18F4N2O3/c20-18(9-8-14(26)16-13(18)7-4-10-24-16)17(27)25-15(11-19(21,22)23)28-12-5-2-1-3-6-12/h1-7,10,14-15,26H,8-9,11H2,(H,25,27)/t14-,15?,18-/m0/s1. The molecule has 1 unspecified atom stereocenters. The molecule has 150 valence electrons. The maximum Gasteiger partial charge on any atom is 0.394 e. The highest BCUT2D eigenvalue weighted by Crippen LogP contribution is 2.42. The SMILES string of the molecule is O=C(NC(CC(F)(F)F)Oc1ccccc1)[C@]1(F)CC[C@H](O)c2ncccc21. The highest BCUT2D eigenvalue weighted by atomic mass is 19.4. The lowest BCUT2D eigenvalue weighted by atomic mass is 9.81. The van der Waals surface area contributed by atoms with E-state index in [1.165, 1.54) is 30.5 Å². The number of rotatable bonds is 5. The van der Waals surface area contributed by atoms with E-state index < -0.39 is 36.5 Å². The third-order valence-electron chi connectivity index (χ3n) is 4.43. The van der Waals surface area contributed by atoms with Crippen molar-refractivity contribution in [1.29, 1.82) is 0 Å². The van der Waals surface area contributed by atoms with Crippen LogP contribution in [0.2, 0.25) is 0 Å². The summed E-state index contributed by atoms with van der Waals surface area (Å²) in [6.07, 6.45) is -8.12. The van der Waals surface area contributed by atoms with Gasteiger partial charge in [-0.2, -0.15) is 13.2 Å². The van der Waals surface area contributed by atoms with Crippen LogP contribution in [0.1, 0.15) is 36.6 Å². The summed E-state index contributed by atoms with van der Waals surface area (Å²) < 4.78 is 59.5. The molecule has 0 saturated heterocycles. The number of aromatic nitrogens is 1. The number of halogens is 4. The monoisotopic (exact) mass is 398 g/mol. The molecule has 1 aromatic heterocycles. The number of carbonyl (C=O) groups is 1. The molecule has 3 atom stereocenters. The van der Waals surface area contributed by atoms with Crippen molar-refractivity contribution in [3.05, 3.63) is 59.9 Å². The fourth-order valence-electron chi connectivity index (χ4n) is 3.12. The highest BCUT2D eigenvalue weighted by molar-refractivity contribution is 5.87. The van der Waals surface area contributed by atoms with Gasteiger partial charge >= 0.3 is 6.18 Å². The Bertz CT molecular complexity index is 831. The van der Waals surface area contributed by atoms with E-state index in [1.807, 2.05) is 5.32 Å². The average molecular weight is 398 g/mol. The van der Waals surface area contributed by atoms with Crippen LogP contribution < -0.4 is 10.1 Å². The predicted octanol–water partition coefficient (Wildman–Crippen LogP) is 3.55. The van der Waals surface area contributed by atoms with Crippen molar-refractivity contribution in [2.24, 2.45) is 0 Å². The maximum atomic E-state index is 15.6. The van der Waals surface area contributed by atoms with Gasteiger partial charge in [0.25, 0.3) is 5.91 Å². The van der Waals surface area contributed by atoms with E-state index in [1.54, 1.807) is 18.2 Å². The summed E-state index contributed by atoms with van der Waals surface area (Å²) in [7, 11) is 0. The summed E-state index contributed by atoms with van der Waals surface area (Å²) in [5.41, 5.74) is -2.77. The molecule has 1 aliphatic rings. The summed E-state index contributed by atoms with van der Waals surface area (Å²) in [6, 6.07) is 10.3. The van der Waals surface area contributed by atoms with Gasteiger partial charge in [0.2, 0.25) is 5.67 Å². The zero-order valence-corrected chi connectivity index (χ0v) is 14.6. The van der Waals surface area contributed by atoms with Crippen LogP contribution >= 0.6 is 0 Å². The topological polar surface area (TPSA) is 71.5 Å². The van der Waals surface area contributed by atoms with E-state index >= 15 is 4.39 Å². The number of benzene rings is 1. The smallest absolute Gasteiger partial charge is 0.394 e. The second-order valence-electron chi connectivity index (χ2n) is 6.50. The van der Waals surface area contributed by atoms with Crippen LogP contribution in [0, 0.1) is 0 Å². The second-order valence-corrected chi connectivity index (χ2v) is 6.50. The number of alkyl halides is 4. The van der Waals surface area contributed by atoms with Gasteiger partial charge in [0.15, 0.2) is 6.23 Å². The molecule has 0 fully saturated rings. The molecular formula is C19H18F4N2O3. The van der Waals surface area contributed by atoms with Crippen LogP contribution in [-0.2, 0) is 10.5 Å². The Hall–Kier alpha value is -2.68. The molecule has 0 radical (unpaired) electrons. The second kappa shape index (κ2) is 7.75. The highest BCUT2D eigenvalue weighted by Gasteiger charge is 2.48. The van der Waals surface area contributed by atoms with Crippen LogP contribution in [0.5, 0.6) is 5.75 Å². The van der Waals surface area contributed by atoms with Gasteiger partial charge in [-0.25, -0.2) is 4.39 Å². The van der Waals surface area contributed by atoms with Crippen molar-refractivity contribution >= 4 is 5.91 Å². The summed E-state index contributed by atoms with van der Waals surface area (Å²) >= 11 is 0. The van der Waals surface area contributed by atoms with Gasteiger partial charge < -0.3 is 15.2 Å². The quantitative estimate of drug-likeness (QED) is 0.597. The number of hydrogen-bond donors (Lipinski definition) is 2. The Balaban J connectivity index is 1.84. The Morgan fingerprint density at radius 1 is 1.29 bits per heavy atom. The Morgan fingerprint density at radius 2 is 2.00 bits per heavy atom. The van der Waals surface area contributed by atoms with Crippen LogP contribution in [-0.4, -0.2) is 28.4 Å². The molecule has 2 N–H and O–H groups in total. The van der Waals surface area contributed by atoms with Gasteiger partial charge in [0.1, 0.15) is 5.75 Å². The molecule has 0 aliphatic heterocycles. The average Bonchev–Trinajstić information content (AvgIpc) is 2.64. The maximum absolute atomic E-state index is 15.6. The molecule has 1 heterocycles. The zero-order chi connectivity index (χ0) is 20.4. The molecule has 1 aliphatic carbocycles. The van der Waals surface area contributed by atoms with Crippen LogP contribution in [0.4, 0.5) is 17.6 Å². The number of nitrogens with one attached hydrogen (secondary N) is 1. The van der Waals surface area contributed by atoms with E-state index in [2.05, 4.69) is 4.98 Å². The van der Waals surface area contributed by atoms with E-state index in [9.17, 15) is 23.1 Å². The van der Waals surface area contributed by atoms with Crippen molar-refractivity contribution in [2.45, 2.75) is 43.4 Å². The lowest BCUT2D eigenvalue weighted by molar-refractivity contribution is -0.159. The minimum absolute atomic E-state index is 0.00255. The molecule has 3 rings (SSSR count). The summed E-state index contributed by atoms with van der Waals surface area (Å²) in [4.78, 5) is 16.5. The summed E-state index contributed by atoms with van der Waals surface area (Å²) in [6.45, 7) is 0. The zero-order valence-electron chi connectivity index (χ0n) is 14.6. The van der Waals surface area contributed by atoms with Gasteiger partial charge in [-0.15, -0.1) is 0 Å². The first kappa shape index (κ1) is 20.1. The van der Waals surface area contributed by atoms with Crippen molar-refractivity contribution in [3.8, 4) is 5.75 Å². The fourth-order valence-corrected chi connectivity index (χ4v) is 3.12. The Morgan fingerprint density at radius 3 is 2.68 bits per heavy atom. The van der Waals surface area contributed by atoms with Crippen molar-refractivity contribution in [3.63, 3.8) is 0 Å². The Kier molecular flexibility index (Phi) is 5.55. The number of nitrogens with zero attached hydrogens (tertiary/aromatic N) is 1. The van der Waals surface area contributed by atoms with E-state index in [0.717, 1.165) is 0 Å². The van der Waals surface area contributed by atoms with Gasteiger partial charge in [-0.3, -0.25) is 9.78 Å². The number of amides is 1. The molecule has 1 aromatic carbocycles. The third kappa shape index (κ3) is 4.41. The van der Waals surface area contributed by atoms with Crippen LogP contribution in [0.25, 0.3) is 0 Å². The van der Waals surface area contributed by atoms with Crippen molar-refractivity contribution in [2.75, 3.05) is 0 Å². The summed E-state index contributed by atoms with van der Waals surface area (Å²) in [5.74, 6) is -1.16. The van der Waals surface area contributed by atoms with Gasteiger partial charge in [0, 0.05) is 11.8 Å². The fraction of sp³-hybridized carbons (Fsp3) is 0.368. The molecule has 0 bridgehead atoms. The molecule has 9 heteroatoms. The van der Waals surface area contributed by atoms with Crippen LogP contribution in [0.3, 0.4) is 0 Å². The first-order chi connectivity index (χ1) is 13.2. The predicted molar refractivity (Wildman–Crippen MR) is 90.9 cm³/mol. The number of aliphatic hydroxyl groups excluding tert-OH is 1. The number of para-hydroxylation sites is 1. The number of carbonyl (C=O) groups excluding carboxylic acids is 1. The molecule has 0 saturated carbocycles. The molecular weight excluding hydrogens is 380 g/mol. The van der Waals surface area contributed by atoms with Crippen molar-refractivity contribution in [1.82, 2.24) is 10.3 Å². The molecule has 0 spiro atoms. The van der Waals surface area contributed by atoms with Gasteiger partial charge in [-0.05, 0) is 31.0 Å². The lowest BCUT2D eigenvalue weighted by Gasteiger charge is -2.33. The largest absolute Gasteiger partial charge is 0.470 e. The van der Waals surface area contributed by atoms with Crippen LogP contribution in [0.15, 0.2) is 48.7 Å². The minimum atomic E-state index is -4.64. The first-order valence-corrected chi connectivity index (χ1v) is 8.61. The Labute approximate surface area is 158 Å². The minimum Gasteiger partial charge on any atom is -0.470 e. The third-order valence-corrected chi connectivity index (χ3v) is 4.43. The molecule has 2 aromatic rings. The normalized spacial score (nSPS) is 22.8. The van der Waals surface area contributed by atoms with Gasteiger partial charge in [0.05, 0.1) is 18.2 Å². The molecule has 28 heavy (non-hydrogen) atoms. The lowest BCUT2D eigenvalue weighted by Crippen LogP contribution is -2.50. The number of ether oxygens (including phenoxy) is 1. The van der Waals surface area contributed by atoms with E-state index in [4.69, 9.17) is 4.74 Å². The number of fused-ring (bicyclic) bond motifs is 1. The van der Waals surface area contributed by atoms with E-state index in [0.29, 0.717) is 0 Å². The van der Waals surface area contributed by atoms with E-state index in [-0.39, 0.29) is 29.8 Å². The number of pyridine rings is 1. The number of hydrogen-bond acceptors (Lipinski definition) is 4. The van der Waals surface area contributed by atoms with Gasteiger partial charge in [-0.1, -0.05) is 24.3 Å². The first-order valence-electron chi connectivity index (χ1n) is 8.61. The van der Waals surface area contributed by atoms with Crippen molar-refractivity contribution < 1.29 is 32.2 Å². The molecule has 1 amide bonds. The number of aliphatic hydroxyl groups is 1. The summed E-state index contributed by atoms with van der Waals surface area (Å²) in [5, 5.41) is 12.0. The molecule has 5 nitrogen and oxygen atoms in total.